The minimum absolute atomic E-state index is 0.0419. The molecule has 3 fully saturated rings. The molecule has 1 aliphatic heterocycles. The molecule has 15 heteroatoms. The number of carbonyl (C=O) groups is 1. The number of benzene rings is 2. The highest BCUT2D eigenvalue weighted by atomic mass is 19.4. The van der Waals surface area contributed by atoms with Gasteiger partial charge in [0.25, 0.3) is 0 Å². The first-order valence-electron chi connectivity index (χ1n) is 13.8. The number of nitrogens with zero attached hydrogens (tertiary/aromatic N) is 2. The lowest BCUT2D eigenvalue weighted by Crippen LogP contribution is -2.71. The molecule has 0 spiro atoms. The molecule has 8 nitrogen and oxygen atoms in total. The Labute approximate surface area is 244 Å². The van der Waals surface area contributed by atoms with Gasteiger partial charge in [0, 0.05) is 17.2 Å². The van der Waals surface area contributed by atoms with Crippen LogP contribution in [-0.2, 0) is 22.1 Å². The Morgan fingerprint density at radius 3 is 2.45 bits per heavy atom. The van der Waals surface area contributed by atoms with Gasteiger partial charge in [0.1, 0.15) is 17.7 Å². The molecule has 2 N–H and O–H groups in total. The molecule has 2 atom stereocenters. The molecule has 4 aliphatic carbocycles. The van der Waals surface area contributed by atoms with E-state index in [0.717, 1.165) is 22.9 Å². The van der Waals surface area contributed by atoms with Crippen LogP contribution in [0.5, 0.6) is 11.5 Å². The topological polar surface area (TPSA) is 94.8 Å². The maximum Gasteiger partial charge on any atom is 0.586 e. The second-order valence-electron chi connectivity index (χ2n) is 11.9. The molecular weight excluding hydrogens is 603 g/mol. The number of carboxylic acid groups (broad SMARTS) is 1. The Hall–Kier alpha value is -4.01. The van der Waals surface area contributed by atoms with Crippen molar-refractivity contribution < 1.29 is 54.8 Å². The van der Waals surface area contributed by atoms with E-state index in [1.165, 1.54) is 19.1 Å². The van der Waals surface area contributed by atoms with Crippen molar-refractivity contribution in [3.8, 4) is 17.2 Å². The Kier molecular flexibility index (Phi) is 6.04. The zero-order valence-electron chi connectivity index (χ0n) is 22.9. The van der Waals surface area contributed by atoms with E-state index in [4.69, 9.17) is 4.74 Å². The van der Waals surface area contributed by atoms with Crippen molar-refractivity contribution in [1.82, 2.24) is 9.78 Å². The standard InChI is InChI=1S/C29H24F7N3O5/c1-13(16-8-21-22(9-18(16)31)44-29(35,36)43-21)37-19-7-14(5-6-17(19)30)39-23-15(24(38-39)28(32,33)34)3-2-4-20(23)42-27-10-26(11-27,12-27)25(40)41/h5-9,13,20,37H,2-4,10-12H2,1H3,(H,40,41)/t13-,20-,26?,27?/m0/s1. The molecule has 5 aliphatic rings. The van der Waals surface area contributed by atoms with Gasteiger partial charge in [-0.1, -0.05) is 0 Å². The molecular formula is C29H24F7N3O5. The molecule has 3 saturated carbocycles. The summed E-state index contributed by atoms with van der Waals surface area (Å²) in [6, 6.07) is 4.17. The number of aliphatic carboxylic acids is 1. The van der Waals surface area contributed by atoms with E-state index in [1.54, 1.807) is 0 Å². The maximum atomic E-state index is 15.0. The quantitative estimate of drug-likeness (QED) is 0.271. The Morgan fingerprint density at radius 2 is 1.80 bits per heavy atom. The number of aromatic nitrogens is 2. The van der Waals surface area contributed by atoms with Crippen LogP contribution in [-0.4, -0.2) is 32.8 Å². The Morgan fingerprint density at radius 1 is 1.11 bits per heavy atom. The molecule has 3 aromatic rings. The van der Waals surface area contributed by atoms with Gasteiger partial charge in [-0.3, -0.25) is 4.79 Å². The predicted octanol–water partition coefficient (Wildman–Crippen LogP) is 7.07. The van der Waals surface area contributed by atoms with Gasteiger partial charge >= 0.3 is 18.4 Å². The smallest absolute Gasteiger partial charge is 0.481 e. The number of hydrogen-bond donors (Lipinski definition) is 2. The number of nitrogens with one attached hydrogen (secondary N) is 1. The SMILES string of the molecule is C[C@H](Nc1cc(-n2nc(C(F)(F)F)c3c2[C@@H](OC24CC(C(=O)O)(C2)C4)CCC3)ccc1F)c1cc2c(cc1F)OC(F)(F)O2. The van der Waals surface area contributed by atoms with Crippen LogP contribution in [0.2, 0.25) is 0 Å². The van der Waals surface area contributed by atoms with Gasteiger partial charge in [-0.2, -0.15) is 18.3 Å². The fraction of sp³-hybridized carbons (Fsp3) is 0.448. The van der Waals surface area contributed by atoms with Gasteiger partial charge in [0.2, 0.25) is 0 Å². The summed E-state index contributed by atoms with van der Waals surface area (Å²) < 4.78 is 115. The normalized spacial score (nSPS) is 26.8. The van der Waals surface area contributed by atoms with Crippen LogP contribution >= 0.6 is 0 Å². The van der Waals surface area contributed by atoms with E-state index in [-0.39, 0.29) is 53.9 Å². The van der Waals surface area contributed by atoms with E-state index < -0.39 is 70.4 Å². The number of hydrogen-bond acceptors (Lipinski definition) is 6. The Balaban J connectivity index is 1.21. The Bertz CT molecular complexity index is 1690. The molecule has 44 heavy (non-hydrogen) atoms. The summed E-state index contributed by atoms with van der Waals surface area (Å²) in [5.41, 5.74) is -2.86. The number of fused-ring (bicyclic) bond motifs is 2. The third-order valence-corrected chi connectivity index (χ3v) is 8.87. The summed E-state index contributed by atoms with van der Waals surface area (Å²) in [6.07, 6.45) is -7.88. The third-order valence-electron chi connectivity index (χ3n) is 8.87. The predicted molar refractivity (Wildman–Crippen MR) is 137 cm³/mol. The highest BCUT2D eigenvalue weighted by Gasteiger charge is 2.73. The van der Waals surface area contributed by atoms with E-state index >= 15 is 0 Å². The van der Waals surface area contributed by atoms with Crippen molar-refractivity contribution in [3.63, 3.8) is 0 Å². The van der Waals surface area contributed by atoms with E-state index in [2.05, 4.69) is 19.9 Å². The van der Waals surface area contributed by atoms with Crippen molar-refractivity contribution in [1.29, 1.82) is 0 Å². The lowest BCUT2D eigenvalue weighted by atomic mass is 9.41. The number of anilines is 1. The first-order chi connectivity index (χ1) is 20.6. The summed E-state index contributed by atoms with van der Waals surface area (Å²) >= 11 is 0. The highest BCUT2D eigenvalue weighted by molar-refractivity contribution is 5.80. The molecule has 1 aromatic heterocycles. The highest BCUT2D eigenvalue weighted by Crippen LogP contribution is 2.70. The summed E-state index contributed by atoms with van der Waals surface area (Å²) in [7, 11) is 0. The molecule has 0 amide bonds. The molecule has 2 bridgehead atoms. The maximum absolute atomic E-state index is 15.0. The van der Waals surface area contributed by atoms with Gasteiger partial charge in [-0.05, 0) is 69.7 Å². The van der Waals surface area contributed by atoms with Crippen molar-refractivity contribution in [2.75, 3.05) is 5.32 Å². The van der Waals surface area contributed by atoms with Crippen molar-refractivity contribution >= 4 is 11.7 Å². The molecule has 0 unspecified atom stereocenters. The fourth-order valence-electron chi connectivity index (χ4n) is 6.91. The number of ether oxygens (including phenoxy) is 3. The first kappa shape index (κ1) is 28.7. The van der Waals surface area contributed by atoms with Gasteiger partial charge in [-0.25, -0.2) is 13.5 Å². The second-order valence-corrected chi connectivity index (χ2v) is 11.9. The summed E-state index contributed by atoms with van der Waals surface area (Å²) in [4.78, 5) is 11.6. The summed E-state index contributed by atoms with van der Waals surface area (Å²) in [5.74, 6) is -3.59. The number of alkyl halides is 5. The van der Waals surface area contributed by atoms with Crippen LogP contribution in [0, 0.1) is 17.0 Å². The van der Waals surface area contributed by atoms with Gasteiger partial charge in [0.15, 0.2) is 17.2 Å². The van der Waals surface area contributed by atoms with Crippen LogP contribution in [0.1, 0.15) is 73.7 Å². The van der Waals surface area contributed by atoms with E-state index in [1.807, 2.05) is 0 Å². The number of carboxylic acids is 1. The van der Waals surface area contributed by atoms with Crippen LogP contribution in [0.25, 0.3) is 5.69 Å². The molecule has 234 valence electrons. The van der Waals surface area contributed by atoms with Crippen LogP contribution in [0.3, 0.4) is 0 Å². The lowest BCUT2D eigenvalue weighted by molar-refractivity contribution is -0.300. The molecule has 2 aromatic carbocycles. The lowest BCUT2D eigenvalue weighted by Gasteiger charge is -2.67. The first-order valence-corrected chi connectivity index (χ1v) is 13.8. The minimum atomic E-state index is -4.79. The van der Waals surface area contributed by atoms with E-state index in [9.17, 15) is 40.6 Å². The molecule has 0 saturated heterocycles. The van der Waals surface area contributed by atoms with Gasteiger partial charge < -0.3 is 24.6 Å². The molecule has 2 heterocycles. The average Bonchev–Trinajstić information content (AvgIpc) is 3.42. The fourth-order valence-corrected chi connectivity index (χ4v) is 6.91. The number of halogens is 7. The summed E-state index contributed by atoms with van der Waals surface area (Å²) in [5, 5.41) is 16.1. The van der Waals surface area contributed by atoms with E-state index in [0.29, 0.717) is 12.8 Å². The van der Waals surface area contributed by atoms with Crippen LogP contribution in [0.15, 0.2) is 30.3 Å². The zero-order valence-corrected chi connectivity index (χ0v) is 22.9. The molecule has 8 rings (SSSR count). The van der Waals surface area contributed by atoms with Crippen LogP contribution < -0.4 is 14.8 Å². The molecule has 0 radical (unpaired) electrons. The third kappa shape index (κ3) is 4.46. The second kappa shape index (κ2) is 9.25. The number of rotatable bonds is 7. The van der Waals surface area contributed by atoms with Gasteiger partial charge in [0.05, 0.1) is 34.1 Å². The van der Waals surface area contributed by atoms with Crippen molar-refractivity contribution in [2.24, 2.45) is 5.41 Å². The summed E-state index contributed by atoms with van der Waals surface area (Å²) in [6.45, 7) is 1.43. The average molecular weight is 628 g/mol. The van der Waals surface area contributed by atoms with Crippen molar-refractivity contribution in [2.45, 2.75) is 75.7 Å². The monoisotopic (exact) mass is 627 g/mol. The largest absolute Gasteiger partial charge is 0.586 e. The zero-order chi connectivity index (χ0) is 31.4. The van der Waals surface area contributed by atoms with Crippen LogP contribution in [0.4, 0.5) is 36.4 Å². The minimum Gasteiger partial charge on any atom is -0.481 e. The van der Waals surface area contributed by atoms with Crippen molar-refractivity contribution in [3.05, 3.63) is 64.5 Å². The van der Waals surface area contributed by atoms with Gasteiger partial charge in [-0.15, -0.1) is 8.78 Å².